The summed E-state index contributed by atoms with van der Waals surface area (Å²) in [7, 11) is 0. The van der Waals surface area contributed by atoms with E-state index in [1.54, 1.807) is 12.5 Å². The number of aromatic nitrogens is 2. The lowest BCUT2D eigenvalue weighted by Crippen LogP contribution is -2.42. The fourth-order valence-electron chi connectivity index (χ4n) is 1.25. The molecule has 0 aromatic carbocycles. The van der Waals surface area contributed by atoms with Crippen molar-refractivity contribution < 1.29 is 0 Å². The SMILES string of the molecule is NNC(=NCCn1ccnc1)NC1CC1. The molecule has 1 fully saturated rings. The standard InChI is InChI=1S/C9H16N6/c10-14-9(13-8-1-2-8)12-4-6-15-5-3-11-7-15/h3,5,7-8H,1-2,4,6,10H2,(H2,12,13,14). The lowest BCUT2D eigenvalue weighted by molar-refractivity contribution is 0.699. The molecule has 0 aliphatic heterocycles. The van der Waals surface area contributed by atoms with E-state index in [4.69, 9.17) is 5.84 Å². The zero-order valence-corrected chi connectivity index (χ0v) is 8.56. The largest absolute Gasteiger partial charge is 0.353 e. The highest BCUT2D eigenvalue weighted by Crippen LogP contribution is 2.18. The molecule has 1 aromatic heterocycles. The van der Waals surface area contributed by atoms with Gasteiger partial charge in [-0.2, -0.15) is 0 Å². The quantitative estimate of drug-likeness (QED) is 0.268. The first kappa shape index (κ1) is 9.97. The van der Waals surface area contributed by atoms with Crippen LogP contribution in [0.25, 0.3) is 0 Å². The van der Waals surface area contributed by atoms with Crippen LogP contribution in [0.15, 0.2) is 23.7 Å². The number of nitrogens with two attached hydrogens (primary N) is 1. The van der Waals surface area contributed by atoms with Gasteiger partial charge in [0.15, 0.2) is 0 Å². The minimum absolute atomic E-state index is 0.563. The Balaban J connectivity index is 1.75. The second-order valence-corrected chi connectivity index (χ2v) is 3.59. The summed E-state index contributed by atoms with van der Waals surface area (Å²) in [6.45, 7) is 1.51. The Hall–Kier alpha value is -1.56. The van der Waals surface area contributed by atoms with E-state index in [2.05, 4.69) is 20.7 Å². The van der Waals surface area contributed by atoms with Gasteiger partial charge in [0, 0.05) is 25.0 Å². The van der Waals surface area contributed by atoms with Crippen LogP contribution in [0.3, 0.4) is 0 Å². The average Bonchev–Trinajstić information content (AvgIpc) is 2.91. The molecule has 1 aliphatic rings. The van der Waals surface area contributed by atoms with Gasteiger partial charge >= 0.3 is 0 Å². The normalized spacial score (nSPS) is 16.5. The minimum atomic E-state index is 0.563. The van der Waals surface area contributed by atoms with Crippen molar-refractivity contribution in [3.05, 3.63) is 18.7 Å². The number of nitrogens with zero attached hydrogens (tertiary/aromatic N) is 3. The van der Waals surface area contributed by atoms with Gasteiger partial charge in [-0.25, -0.2) is 10.8 Å². The van der Waals surface area contributed by atoms with Crippen molar-refractivity contribution >= 4 is 5.96 Å². The van der Waals surface area contributed by atoms with Crippen molar-refractivity contribution in [2.24, 2.45) is 10.8 Å². The molecule has 1 aliphatic carbocycles. The van der Waals surface area contributed by atoms with Crippen molar-refractivity contribution in [1.29, 1.82) is 0 Å². The first-order valence-corrected chi connectivity index (χ1v) is 5.12. The van der Waals surface area contributed by atoms with Gasteiger partial charge in [-0.3, -0.25) is 10.4 Å². The van der Waals surface area contributed by atoms with Gasteiger partial charge < -0.3 is 9.88 Å². The molecule has 15 heavy (non-hydrogen) atoms. The molecule has 1 heterocycles. The second kappa shape index (κ2) is 4.79. The number of rotatable bonds is 4. The van der Waals surface area contributed by atoms with Crippen LogP contribution in [0.2, 0.25) is 0 Å². The van der Waals surface area contributed by atoms with Gasteiger partial charge in [0.25, 0.3) is 0 Å². The Morgan fingerprint density at radius 2 is 2.47 bits per heavy atom. The summed E-state index contributed by atoms with van der Waals surface area (Å²) >= 11 is 0. The first-order chi connectivity index (χ1) is 7.38. The summed E-state index contributed by atoms with van der Waals surface area (Å²) in [5, 5.41) is 3.21. The van der Waals surface area contributed by atoms with E-state index in [1.807, 2.05) is 10.8 Å². The van der Waals surface area contributed by atoms with Crippen LogP contribution in [-0.4, -0.2) is 28.1 Å². The Bertz CT molecular complexity index is 313. The van der Waals surface area contributed by atoms with Crippen molar-refractivity contribution in [2.75, 3.05) is 6.54 Å². The third-order valence-electron chi connectivity index (χ3n) is 2.24. The van der Waals surface area contributed by atoms with E-state index in [0.29, 0.717) is 18.5 Å². The molecule has 4 N–H and O–H groups in total. The number of nitrogens with one attached hydrogen (secondary N) is 2. The third-order valence-corrected chi connectivity index (χ3v) is 2.24. The number of hydrogen-bond donors (Lipinski definition) is 3. The minimum Gasteiger partial charge on any atom is -0.353 e. The highest BCUT2D eigenvalue weighted by atomic mass is 15.3. The predicted molar refractivity (Wildman–Crippen MR) is 58.0 cm³/mol. The molecule has 0 bridgehead atoms. The maximum Gasteiger partial charge on any atom is 0.206 e. The fourth-order valence-corrected chi connectivity index (χ4v) is 1.25. The molecule has 1 aromatic rings. The summed E-state index contributed by atoms with van der Waals surface area (Å²) in [5.74, 6) is 6.02. The summed E-state index contributed by atoms with van der Waals surface area (Å²) in [4.78, 5) is 8.28. The summed E-state index contributed by atoms with van der Waals surface area (Å²) in [5.41, 5.74) is 2.57. The molecule has 0 amide bonds. The van der Waals surface area contributed by atoms with E-state index in [1.165, 1.54) is 12.8 Å². The Labute approximate surface area is 88.6 Å². The topological polar surface area (TPSA) is 80.3 Å². The predicted octanol–water partition coefficient (Wildman–Crippen LogP) is -0.546. The van der Waals surface area contributed by atoms with Gasteiger partial charge in [0.1, 0.15) is 0 Å². The van der Waals surface area contributed by atoms with Gasteiger partial charge in [-0.05, 0) is 12.8 Å². The molecule has 82 valence electrons. The highest BCUT2D eigenvalue weighted by molar-refractivity contribution is 5.79. The van der Waals surface area contributed by atoms with Crippen molar-refractivity contribution in [1.82, 2.24) is 20.3 Å². The molecular formula is C9H16N6. The van der Waals surface area contributed by atoms with Crippen LogP contribution in [0, 0.1) is 0 Å². The fraction of sp³-hybridized carbons (Fsp3) is 0.556. The van der Waals surface area contributed by atoms with Gasteiger partial charge in [-0.1, -0.05) is 0 Å². The van der Waals surface area contributed by atoms with E-state index >= 15 is 0 Å². The van der Waals surface area contributed by atoms with Crippen LogP contribution in [0.5, 0.6) is 0 Å². The van der Waals surface area contributed by atoms with Crippen molar-refractivity contribution in [2.45, 2.75) is 25.4 Å². The van der Waals surface area contributed by atoms with E-state index < -0.39 is 0 Å². The molecule has 6 nitrogen and oxygen atoms in total. The molecule has 0 radical (unpaired) electrons. The number of guanidine groups is 1. The number of hydrazine groups is 1. The van der Waals surface area contributed by atoms with E-state index in [9.17, 15) is 0 Å². The monoisotopic (exact) mass is 208 g/mol. The van der Waals surface area contributed by atoms with Gasteiger partial charge in [0.05, 0.1) is 12.9 Å². The third kappa shape index (κ3) is 3.25. The lowest BCUT2D eigenvalue weighted by atomic mass is 10.6. The van der Waals surface area contributed by atoms with Crippen LogP contribution in [0.1, 0.15) is 12.8 Å². The van der Waals surface area contributed by atoms with Gasteiger partial charge in [-0.15, -0.1) is 0 Å². The number of aliphatic imine (C=N–C) groups is 1. The molecular weight excluding hydrogens is 192 g/mol. The Morgan fingerprint density at radius 3 is 3.07 bits per heavy atom. The Kier molecular flexibility index (Phi) is 3.18. The molecule has 6 heteroatoms. The Morgan fingerprint density at radius 1 is 1.60 bits per heavy atom. The van der Waals surface area contributed by atoms with Gasteiger partial charge in [0.2, 0.25) is 5.96 Å². The maximum atomic E-state index is 5.35. The van der Waals surface area contributed by atoms with E-state index in [-0.39, 0.29) is 0 Å². The molecule has 2 rings (SSSR count). The van der Waals surface area contributed by atoms with Crippen LogP contribution >= 0.6 is 0 Å². The first-order valence-electron chi connectivity index (χ1n) is 5.12. The van der Waals surface area contributed by atoms with Crippen molar-refractivity contribution in [3.63, 3.8) is 0 Å². The lowest BCUT2D eigenvalue weighted by Gasteiger charge is -2.07. The van der Waals surface area contributed by atoms with Crippen molar-refractivity contribution in [3.8, 4) is 0 Å². The van der Waals surface area contributed by atoms with E-state index in [0.717, 1.165) is 6.54 Å². The second-order valence-electron chi connectivity index (χ2n) is 3.59. The molecule has 1 saturated carbocycles. The maximum absolute atomic E-state index is 5.35. The molecule has 0 unspecified atom stereocenters. The van der Waals surface area contributed by atoms with Crippen LogP contribution in [-0.2, 0) is 6.54 Å². The molecule has 0 atom stereocenters. The zero-order chi connectivity index (χ0) is 10.5. The molecule has 0 saturated heterocycles. The van der Waals surface area contributed by atoms with Crippen LogP contribution < -0.4 is 16.6 Å². The zero-order valence-electron chi connectivity index (χ0n) is 8.56. The molecule has 0 spiro atoms. The smallest absolute Gasteiger partial charge is 0.206 e. The van der Waals surface area contributed by atoms with Crippen LogP contribution in [0.4, 0.5) is 0 Å². The summed E-state index contributed by atoms with van der Waals surface area (Å²) in [6, 6.07) is 0.563. The number of imidazole rings is 1. The number of hydrogen-bond acceptors (Lipinski definition) is 3. The highest BCUT2D eigenvalue weighted by Gasteiger charge is 2.21. The average molecular weight is 208 g/mol. The summed E-state index contributed by atoms with van der Waals surface area (Å²) in [6.07, 6.45) is 7.87. The summed E-state index contributed by atoms with van der Waals surface area (Å²) < 4.78 is 1.98.